The molecule has 13 heteroatoms. The molecule has 1 aromatic heterocycles. The summed E-state index contributed by atoms with van der Waals surface area (Å²) in [5.74, 6) is -1.42. The Bertz CT molecular complexity index is 1440. The van der Waals surface area contributed by atoms with E-state index < -0.39 is 11.8 Å². The van der Waals surface area contributed by atoms with Crippen molar-refractivity contribution in [2.45, 2.75) is 34.1 Å². The Hall–Kier alpha value is -3.92. The van der Waals surface area contributed by atoms with E-state index >= 15 is 0 Å². The van der Waals surface area contributed by atoms with Crippen LogP contribution < -0.4 is 10.6 Å². The smallest absolute Gasteiger partial charge is 0.271 e. The molecule has 204 valence electrons. The maximum absolute atomic E-state index is 13.2. The summed E-state index contributed by atoms with van der Waals surface area (Å²) in [6, 6.07) is 5.48. The monoisotopic (exact) mass is 569 g/mol. The van der Waals surface area contributed by atoms with Crippen molar-refractivity contribution in [2.75, 3.05) is 37.4 Å². The molecule has 39 heavy (non-hydrogen) atoms. The number of ether oxygens (including phenoxy) is 1. The number of carbonyl (C=O) groups excluding carboxylic acids is 3. The molecule has 0 radical (unpaired) electrons. The van der Waals surface area contributed by atoms with Gasteiger partial charge in [-0.1, -0.05) is 22.9 Å². The van der Waals surface area contributed by atoms with E-state index in [-0.39, 0.29) is 39.5 Å². The number of rotatable bonds is 10. The highest BCUT2D eigenvalue weighted by Crippen LogP contribution is 2.37. The molecule has 3 rings (SSSR count). The highest BCUT2D eigenvalue weighted by atomic mass is 35.5. The van der Waals surface area contributed by atoms with E-state index in [9.17, 15) is 19.6 Å². The molecular formula is C26H28ClN7O4S. The molecule has 0 saturated heterocycles. The number of azo groups is 1. The van der Waals surface area contributed by atoms with Crippen molar-refractivity contribution < 1.29 is 19.1 Å². The lowest BCUT2D eigenvalue weighted by molar-refractivity contribution is -0.140. The van der Waals surface area contributed by atoms with Crippen LogP contribution in [0, 0.1) is 18.3 Å². The first-order valence-electron chi connectivity index (χ1n) is 12.0. The Morgan fingerprint density at radius 3 is 2.64 bits per heavy atom. The van der Waals surface area contributed by atoms with Gasteiger partial charge in [0.25, 0.3) is 11.8 Å². The minimum atomic E-state index is -0.636. The van der Waals surface area contributed by atoms with Gasteiger partial charge in [0.05, 0.1) is 10.6 Å². The van der Waals surface area contributed by atoms with Crippen LogP contribution in [0.25, 0.3) is 6.08 Å². The van der Waals surface area contributed by atoms with E-state index in [1.54, 1.807) is 19.1 Å². The number of nitrogens with one attached hydrogen (secondary N) is 2. The van der Waals surface area contributed by atoms with E-state index in [0.717, 1.165) is 27.5 Å². The highest BCUT2D eigenvalue weighted by Gasteiger charge is 2.35. The lowest BCUT2D eigenvalue weighted by atomic mass is 9.95. The zero-order chi connectivity index (χ0) is 28.7. The fraction of sp³-hybridized carbons (Fsp3) is 0.346. The Morgan fingerprint density at radius 1 is 1.26 bits per heavy atom. The van der Waals surface area contributed by atoms with Crippen LogP contribution in [0.15, 0.2) is 39.1 Å². The van der Waals surface area contributed by atoms with Gasteiger partial charge >= 0.3 is 0 Å². The number of hydrogen-bond acceptors (Lipinski definition) is 10. The van der Waals surface area contributed by atoms with Crippen LogP contribution in [0.4, 0.5) is 22.2 Å². The Kier molecular flexibility index (Phi) is 10.1. The largest absolute Gasteiger partial charge is 0.385 e. The minimum absolute atomic E-state index is 0.0872. The van der Waals surface area contributed by atoms with Crippen LogP contribution in [-0.2, 0) is 19.1 Å². The zero-order valence-electron chi connectivity index (χ0n) is 22.2. The van der Waals surface area contributed by atoms with Gasteiger partial charge in [0, 0.05) is 45.0 Å². The van der Waals surface area contributed by atoms with Crippen molar-refractivity contribution in [1.29, 1.82) is 5.26 Å². The number of nitrogens with zero attached hydrogens (tertiary/aromatic N) is 5. The Morgan fingerprint density at radius 2 is 2.00 bits per heavy atom. The van der Waals surface area contributed by atoms with Gasteiger partial charge in [-0.05, 0) is 56.5 Å². The molecular weight excluding hydrogens is 542 g/mol. The van der Waals surface area contributed by atoms with Crippen molar-refractivity contribution in [3.05, 3.63) is 44.4 Å². The lowest BCUT2D eigenvalue weighted by Gasteiger charge is -2.27. The van der Waals surface area contributed by atoms with E-state index in [0.29, 0.717) is 35.8 Å². The van der Waals surface area contributed by atoms with E-state index in [4.69, 9.17) is 16.3 Å². The number of hydrogen-bond donors (Lipinski definition) is 2. The molecule has 1 aliphatic heterocycles. The molecule has 0 fully saturated rings. The molecule has 2 aromatic rings. The number of benzene rings is 1. The van der Waals surface area contributed by atoms with Gasteiger partial charge in [0.1, 0.15) is 22.5 Å². The summed E-state index contributed by atoms with van der Waals surface area (Å²) in [6.07, 6.45) is 1.93. The number of nitriles is 1. The average Bonchev–Trinajstić information content (AvgIpc) is 3.24. The number of aromatic nitrogens is 1. The number of imide groups is 1. The van der Waals surface area contributed by atoms with Crippen molar-refractivity contribution in [1.82, 2.24) is 9.88 Å². The average molecular weight is 570 g/mol. The van der Waals surface area contributed by atoms with Crippen LogP contribution in [0.1, 0.15) is 37.6 Å². The third-order valence-corrected chi connectivity index (χ3v) is 6.98. The summed E-state index contributed by atoms with van der Waals surface area (Å²) >= 11 is 7.44. The predicted molar refractivity (Wildman–Crippen MR) is 150 cm³/mol. The van der Waals surface area contributed by atoms with E-state index in [2.05, 4.69) is 25.8 Å². The third kappa shape index (κ3) is 6.94. The van der Waals surface area contributed by atoms with Crippen molar-refractivity contribution >= 4 is 68.9 Å². The quantitative estimate of drug-likeness (QED) is 0.165. The predicted octanol–water partition coefficient (Wildman–Crippen LogP) is 5.54. The number of halogens is 1. The van der Waals surface area contributed by atoms with Crippen LogP contribution in [0.5, 0.6) is 0 Å². The summed E-state index contributed by atoms with van der Waals surface area (Å²) in [5, 5.41) is 24.3. The molecule has 0 unspecified atom stereocenters. The molecule has 0 saturated carbocycles. The van der Waals surface area contributed by atoms with Gasteiger partial charge in [-0.25, -0.2) is 4.98 Å². The number of aryl methyl sites for hydroxylation is 1. The molecule has 2 N–H and O–H groups in total. The second-order valence-corrected chi connectivity index (χ2v) is 9.89. The summed E-state index contributed by atoms with van der Waals surface area (Å²) in [6.45, 7) is 8.02. The Balaban J connectivity index is 1.97. The highest BCUT2D eigenvalue weighted by molar-refractivity contribution is 7.16. The van der Waals surface area contributed by atoms with Crippen molar-refractivity contribution in [3.8, 4) is 6.07 Å². The Labute approximate surface area is 235 Å². The number of thiazole rings is 1. The normalized spacial score (nSPS) is 14.9. The van der Waals surface area contributed by atoms with E-state index in [1.807, 2.05) is 19.9 Å². The molecule has 0 spiro atoms. The van der Waals surface area contributed by atoms with E-state index in [1.165, 1.54) is 20.1 Å². The van der Waals surface area contributed by atoms with Crippen LogP contribution in [0.2, 0.25) is 5.15 Å². The number of amides is 3. The van der Waals surface area contributed by atoms with Gasteiger partial charge in [-0.2, -0.15) is 5.26 Å². The number of carbonyl (C=O) groups is 3. The fourth-order valence-electron chi connectivity index (χ4n) is 3.81. The number of anilines is 2. The molecule has 0 atom stereocenters. The molecule has 0 aliphatic carbocycles. The SMILES string of the molecule is CCNc1cc(NC(C)=O)c(N=Nc2nc(Cl)c(/C=C3\C(=O)N(CCCOC)C(=O)C(C#N)=C3C)s2)cc1C. The van der Waals surface area contributed by atoms with Crippen molar-refractivity contribution in [3.63, 3.8) is 0 Å². The van der Waals surface area contributed by atoms with Crippen molar-refractivity contribution in [2.24, 2.45) is 10.2 Å². The second-order valence-electron chi connectivity index (χ2n) is 8.53. The second kappa shape index (κ2) is 13.2. The topological polar surface area (TPSA) is 149 Å². The maximum atomic E-state index is 13.2. The maximum Gasteiger partial charge on any atom is 0.271 e. The van der Waals surface area contributed by atoms with Gasteiger partial charge in [-0.3, -0.25) is 19.3 Å². The molecule has 2 heterocycles. The lowest BCUT2D eigenvalue weighted by Crippen LogP contribution is -2.43. The zero-order valence-corrected chi connectivity index (χ0v) is 23.8. The minimum Gasteiger partial charge on any atom is -0.385 e. The number of methoxy groups -OCH3 is 1. The van der Waals surface area contributed by atoms with Gasteiger partial charge < -0.3 is 15.4 Å². The summed E-state index contributed by atoms with van der Waals surface area (Å²) in [4.78, 5) is 43.3. The summed E-state index contributed by atoms with van der Waals surface area (Å²) in [5.41, 5.74) is 3.01. The van der Waals surface area contributed by atoms with Gasteiger partial charge in [0.2, 0.25) is 11.0 Å². The summed E-state index contributed by atoms with van der Waals surface area (Å²) in [7, 11) is 1.52. The van der Waals surface area contributed by atoms with Crippen LogP contribution >= 0.6 is 22.9 Å². The van der Waals surface area contributed by atoms with Crippen LogP contribution in [-0.4, -0.2) is 54.4 Å². The first-order chi connectivity index (χ1) is 18.6. The fourth-order valence-corrected chi connectivity index (χ4v) is 4.83. The first-order valence-corrected chi connectivity index (χ1v) is 13.2. The molecule has 0 bridgehead atoms. The first kappa shape index (κ1) is 29.6. The van der Waals surface area contributed by atoms with Crippen LogP contribution in [0.3, 0.4) is 0 Å². The molecule has 1 aromatic carbocycles. The van der Waals surface area contributed by atoms with Gasteiger partial charge in [0.15, 0.2) is 0 Å². The van der Waals surface area contributed by atoms with Gasteiger partial charge in [-0.15, -0.1) is 10.2 Å². The molecule has 11 nitrogen and oxygen atoms in total. The third-order valence-electron chi connectivity index (χ3n) is 5.69. The molecule has 1 aliphatic rings. The summed E-state index contributed by atoms with van der Waals surface area (Å²) < 4.78 is 5.01. The standard InChI is InChI=1S/C26H28ClN7O4S/c1-6-29-19-12-20(30-16(4)35)21(10-14(19)2)32-33-26-31-23(27)22(39-26)11-17-15(3)18(13-28)25(37)34(24(17)36)8-7-9-38-5/h10-12,29H,6-9H2,1-5H3,(H,30,35)/b17-11-,33-32?. The molecule has 3 amide bonds.